The SMILES string of the molecule is C#CCC(=O)c1ccc(Br)s1. The molecule has 0 spiro atoms. The highest BCUT2D eigenvalue weighted by molar-refractivity contribution is 9.11. The van der Waals surface area contributed by atoms with Gasteiger partial charge in [-0.2, -0.15) is 0 Å². The fourth-order valence-electron chi connectivity index (χ4n) is 0.644. The molecule has 0 saturated heterocycles. The van der Waals surface area contributed by atoms with Gasteiger partial charge in [-0.1, -0.05) is 5.92 Å². The van der Waals surface area contributed by atoms with E-state index in [1.807, 2.05) is 6.07 Å². The summed E-state index contributed by atoms with van der Waals surface area (Å²) in [5.41, 5.74) is 0. The molecular weight excluding hydrogens is 224 g/mol. The quantitative estimate of drug-likeness (QED) is 0.562. The smallest absolute Gasteiger partial charge is 0.184 e. The van der Waals surface area contributed by atoms with Crippen molar-refractivity contribution in [2.75, 3.05) is 0 Å². The van der Waals surface area contributed by atoms with Gasteiger partial charge < -0.3 is 0 Å². The Bertz CT molecular complexity index is 308. The topological polar surface area (TPSA) is 17.1 Å². The highest BCUT2D eigenvalue weighted by Gasteiger charge is 2.05. The van der Waals surface area contributed by atoms with Gasteiger partial charge in [0.05, 0.1) is 15.1 Å². The fraction of sp³-hybridized carbons (Fsp3) is 0.125. The number of rotatable bonds is 2. The van der Waals surface area contributed by atoms with Gasteiger partial charge in [0.25, 0.3) is 0 Å². The largest absolute Gasteiger partial charge is 0.292 e. The molecule has 0 aliphatic carbocycles. The third-order valence-electron chi connectivity index (χ3n) is 1.11. The molecule has 0 bridgehead atoms. The molecule has 1 heterocycles. The molecule has 11 heavy (non-hydrogen) atoms. The number of ketones is 1. The Morgan fingerprint density at radius 2 is 2.45 bits per heavy atom. The summed E-state index contributed by atoms with van der Waals surface area (Å²) in [6.07, 6.45) is 5.18. The zero-order valence-electron chi connectivity index (χ0n) is 5.63. The molecule has 1 aromatic rings. The molecule has 1 rings (SSSR count). The van der Waals surface area contributed by atoms with Gasteiger partial charge in [0.1, 0.15) is 0 Å². The summed E-state index contributed by atoms with van der Waals surface area (Å²) in [7, 11) is 0. The lowest BCUT2D eigenvalue weighted by Crippen LogP contribution is -1.91. The lowest BCUT2D eigenvalue weighted by Gasteiger charge is -1.86. The van der Waals surface area contributed by atoms with Crippen LogP contribution in [0.3, 0.4) is 0 Å². The van der Waals surface area contributed by atoms with Gasteiger partial charge in [-0.3, -0.25) is 4.79 Å². The fourth-order valence-corrected chi connectivity index (χ4v) is 1.97. The minimum Gasteiger partial charge on any atom is -0.292 e. The molecule has 0 atom stereocenters. The van der Waals surface area contributed by atoms with Crippen LogP contribution in [0, 0.1) is 12.3 Å². The van der Waals surface area contributed by atoms with Crippen LogP contribution >= 0.6 is 27.3 Å². The monoisotopic (exact) mass is 228 g/mol. The van der Waals surface area contributed by atoms with Crippen LogP contribution in [0.2, 0.25) is 0 Å². The van der Waals surface area contributed by atoms with Crippen LogP contribution < -0.4 is 0 Å². The van der Waals surface area contributed by atoms with Crippen molar-refractivity contribution in [3.05, 3.63) is 20.8 Å². The summed E-state index contributed by atoms with van der Waals surface area (Å²) in [6, 6.07) is 3.61. The first-order valence-corrected chi connectivity index (χ1v) is 4.57. The maximum Gasteiger partial charge on any atom is 0.184 e. The first-order valence-electron chi connectivity index (χ1n) is 2.96. The van der Waals surface area contributed by atoms with Crippen molar-refractivity contribution in [2.24, 2.45) is 0 Å². The van der Waals surface area contributed by atoms with Crippen LogP contribution in [0.25, 0.3) is 0 Å². The highest BCUT2D eigenvalue weighted by atomic mass is 79.9. The summed E-state index contributed by atoms with van der Waals surface area (Å²) in [6.45, 7) is 0. The second-order valence-electron chi connectivity index (χ2n) is 1.91. The predicted molar refractivity (Wildman–Crippen MR) is 49.8 cm³/mol. The Balaban J connectivity index is 2.78. The maximum atomic E-state index is 11.1. The van der Waals surface area contributed by atoms with E-state index >= 15 is 0 Å². The van der Waals surface area contributed by atoms with Crippen LogP contribution in [-0.2, 0) is 0 Å². The van der Waals surface area contributed by atoms with E-state index in [4.69, 9.17) is 6.42 Å². The zero-order valence-corrected chi connectivity index (χ0v) is 8.04. The van der Waals surface area contributed by atoms with Gasteiger partial charge in [0, 0.05) is 0 Å². The third-order valence-corrected chi connectivity index (χ3v) is 2.78. The van der Waals surface area contributed by atoms with Crippen molar-refractivity contribution in [1.29, 1.82) is 0 Å². The number of Topliss-reactive ketones (excluding diaryl/α,β-unsaturated/α-hetero) is 1. The van der Waals surface area contributed by atoms with E-state index in [9.17, 15) is 4.79 Å². The second kappa shape index (κ2) is 3.70. The Labute approximate surface area is 77.6 Å². The lowest BCUT2D eigenvalue weighted by atomic mass is 10.2. The van der Waals surface area contributed by atoms with Gasteiger partial charge in [0.15, 0.2) is 5.78 Å². The minimum atomic E-state index is 0.0169. The van der Waals surface area contributed by atoms with Crippen molar-refractivity contribution in [3.63, 3.8) is 0 Å². The third kappa shape index (κ3) is 2.18. The molecule has 3 heteroatoms. The number of hydrogen-bond donors (Lipinski definition) is 0. The molecule has 0 saturated carbocycles. The van der Waals surface area contributed by atoms with Gasteiger partial charge in [-0.15, -0.1) is 17.8 Å². The average molecular weight is 229 g/mol. The zero-order chi connectivity index (χ0) is 8.27. The molecule has 0 N–H and O–H groups in total. The number of halogens is 1. The van der Waals surface area contributed by atoms with Gasteiger partial charge in [-0.25, -0.2) is 0 Å². The summed E-state index contributed by atoms with van der Waals surface area (Å²) >= 11 is 4.67. The van der Waals surface area contributed by atoms with Crippen LogP contribution in [-0.4, -0.2) is 5.78 Å². The first-order chi connectivity index (χ1) is 5.24. The number of terminal acetylenes is 1. The summed E-state index contributed by atoms with van der Waals surface area (Å²) in [5.74, 6) is 2.33. The molecule has 0 fully saturated rings. The van der Waals surface area contributed by atoms with Crippen molar-refractivity contribution in [2.45, 2.75) is 6.42 Å². The molecular formula is C8H5BrOS. The molecule has 56 valence electrons. The molecule has 0 radical (unpaired) electrons. The van der Waals surface area contributed by atoms with Crippen molar-refractivity contribution >= 4 is 33.0 Å². The molecule has 1 aromatic heterocycles. The van der Waals surface area contributed by atoms with Gasteiger partial charge >= 0.3 is 0 Å². The van der Waals surface area contributed by atoms with E-state index in [2.05, 4.69) is 21.9 Å². The van der Waals surface area contributed by atoms with Crippen molar-refractivity contribution in [3.8, 4) is 12.3 Å². The van der Waals surface area contributed by atoms with Gasteiger partial charge in [0.2, 0.25) is 0 Å². The summed E-state index contributed by atoms with van der Waals surface area (Å²) < 4.78 is 0.956. The van der Waals surface area contributed by atoms with Gasteiger partial charge in [-0.05, 0) is 28.1 Å². The minimum absolute atomic E-state index is 0.0169. The summed E-state index contributed by atoms with van der Waals surface area (Å²) in [5, 5.41) is 0. The second-order valence-corrected chi connectivity index (χ2v) is 4.37. The van der Waals surface area contributed by atoms with E-state index in [-0.39, 0.29) is 12.2 Å². The molecule has 0 amide bonds. The van der Waals surface area contributed by atoms with Crippen molar-refractivity contribution < 1.29 is 4.79 Å². The molecule has 1 nitrogen and oxygen atoms in total. The number of carbonyl (C=O) groups excluding carboxylic acids is 1. The average Bonchev–Trinajstić information content (AvgIpc) is 2.36. The number of hydrogen-bond acceptors (Lipinski definition) is 2. The van der Waals surface area contributed by atoms with Crippen LogP contribution in [0.15, 0.2) is 15.9 Å². The Morgan fingerprint density at radius 3 is 2.91 bits per heavy atom. The Hall–Kier alpha value is -0.590. The normalized spacial score (nSPS) is 9.09. The number of carbonyl (C=O) groups is 1. The van der Waals surface area contributed by atoms with E-state index < -0.39 is 0 Å². The maximum absolute atomic E-state index is 11.1. The van der Waals surface area contributed by atoms with Crippen LogP contribution in [0.4, 0.5) is 0 Å². The highest BCUT2D eigenvalue weighted by Crippen LogP contribution is 2.22. The molecule has 0 aliphatic rings. The van der Waals surface area contributed by atoms with E-state index in [0.29, 0.717) is 0 Å². The van der Waals surface area contributed by atoms with Crippen molar-refractivity contribution in [1.82, 2.24) is 0 Å². The van der Waals surface area contributed by atoms with Crippen LogP contribution in [0.1, 0.15) is 16.1 Å². The molecule has 0 aromatic carbocycles. The molecule has 0 unspecified atom stereocenters. The van der Waals surface area contributed by atoms with Crippen LogP contribution in [0.5, 0.6) is 0 Å². The lowest BCUT2D eigenvalue weighted by molar-refractivity contribution is 0.100. The predicted octanol–water partition coefficient (Wildman–Crippen LogP) is 2.72. The standard InChI is InChI=1S/C8H5BrOS/c1-2-3-6(10)7-4-5-8(9)11-7/h1,4-5H,3H2. The summed E-state index contributed by atoms with van der Waals surface area (Å²) in [4.78, 5) is 11.8. The Morgan fingerprint density at radius 1 is 1.73 bits per heavy atom. The van der Waals surface area contributed by atoms with E-state index in [0.717, 1.165) is 8.66 Å². The number of thiophene rings is 1. The Kier molecular flexibility index (Phi) is 2.86. The van der Waals surface area contributed by atoms with E-state index in [1.54, 1.807) is 6.07 Å². The molecule has 0 aliphatic heterocycles. The van der Waals surface area contributed by atoms with E-state index in [1.165, 1.54) is 11.3 Å². The first kappa shape index (κ1) is 8.51.